The van der Waals surface area contributed by atoms with Crippen LogP contribution < -0.4 is 10.4 Å². The van der Waals surface area contributed by atoms with Gasteiger partial charge in [-0.2, -0.15) is 0 Å². The molecule has 0 amide bonds. The van der Waals surface area contributed by atoms with Crippen molar-refractivity contribution in [2.45, 2.75) is 39.7 Å². The van der Waals surface area contributed by atoms with Gasteiger partial charge in [-0.15, -0.1) is 0 Å². The maximum atomic E-state index is 12.2. The van der Waals surface area contributed by atoms with Gasteiger partial charge < -0.3 is 9.15 Å². The molecule has 4 rings (SSSR count). The first-order valence-electron chi connectivity index (χ1n) is 8.39. The molecule has 2 aromatic carbocycles. The van der Waals surface area contributed by atoms with Gasteiger partial charge >= 0.3 is 5.63 Å². The molecule has 0 radical (unpaired) electrons. The fourth-order valence-corrected chi connectivity index (χ4v) is 3.46. The molecule has 0 spiro atoms. The Labute approximate surface area is 140 Å². The van der Waals surface area contributed by atoms with Gasteiger partial charge in [-0.3, -0.25) is 0 Å². The standard InChI is InChI=1S/C21H20O3/c1-13-6-8-15(9-7-13)12-23-18-10-14(2)11-19-20(18)16-4-3-5-17(16)21(22)24-19/h6-11H,3-5,12H2,1-2H3. The van der Waals surface area contributed by atoms with Crippen molar-refractivity contribution in [2.75, 3.05) is 0 Å². The second-order valence-electron chi connectivity index (χ2n) is 6.61. The van der Waals surface area contributed by atoms with Crippen LogP contribution in [0.1, 0.15) is 34.2 Å². The van der Waals surface area contributed by atoms with Crippen LogP contribution in [0.15, 0.2) is 45.6 Å². The molecule has 1 heterocycles. The lowest BCUT2D eigenvalue weighted by atomic mass is 10.0. The Kier molecular flexibility index (Phi) is 3.64. The third-order valence-electron chi connectivity index (χ3n) is 4.69. The molecular formula is C21H20O3. The topological polar surface area (TPSA) is 39.4 Å². The molecule has 122 valence electrons. The van der Waals surface area contributed by atoms with Gasteiger partial charge in [0, 0.05) is 5.56 Å². The van der Waals surface area contributed by atoms with Gasteiger partial charge in [-0.05, 0) is 61.9 Å². The summed E-state index contributed by atoms with van der Waals surface area (Å²) in [6, 6.07) is 12.3. The third-order valence-corrected chi connectivity index (χ3v) is 4.69. The summed E-state index contributed by atoms with van der Waals surface area (Å²) in [5, 5.41) is 0.972. The van der Waals surface area contributed by atoms with E-state index >= 15 is 0 Å². The maximum absolute atomic E-state index is 12.2. The predicted molar refractivity (Wildman–Crippen MR) is 94.8 cm³/mol. The molecule has 24 heavy (non-hydrogen) atoms. The molecule has 0 bridgehead atoms. The summed E-state index contributed by atoms with van der Waals surface area (Å²) in [5.74, 6) is 0.812. The van der Waals surface area contributed by atoms with E-state index in [2.05, 4.69) is 31.2 Å². The van der Waals surface area contributed by atoms with Crippen molar-refractivity contribution in [3.8, 4) is 5.75 Å². The Bertz CT molecular complexity index is 965. The number of hydrogen-bond donors (Lipinski definition) is 0. The van der Waals surface area contributed by atoms with Crippen molar-refractivity contribution in [1.82, 2.24) is 0 Å². The van der Waals surface area contributed by atoms with Crippen LogP contribution in [0.2, 0.25) is 0 Å². The summed E-state index contributed by atoms with van der Waals surface area (Å²) in [7, 11) is 0. The van der Waals surface area contributed by atoms with Crippen LogP contribution >= 0.6 is 0 Å². The number of benzene rings is 2. The lowest BCUT2D eigenvalue weighted by Crippen LogP contribution is -2.08. The van der Waals surface area contributed by atoms with Crippen LogP contribution in [0.25, 0.3) is 11.0 Å². The Morgan fingerprint density at radius 1 is 1.00 bits per heavy atom. The van der Waals surface area contributed by atoms with E-state index in [1.807, 2.05) is 19.1 Å². The fraction of sp³-hybridized carbons (Fsp3) is 0.286. The Morgan fingerprint density at radius 2 is 1.75 bits per heavy atom. The van der Waals surface area contributed by atoms with E-state index in [9.17, 15) is 4.79 Å². The second kappa shape index (κ2) is 5.82. The second-order valence-corrected chi connectivity index (χ2v) is 6.61. The average molecular weight is 320 g/mol. The molecule has 0 N–H and O–H groups in total. The summed E-state index contributed by atoms with van der Waals surface area (Å²) in [4.78, 5) is 12.2. The smallest absolute Gasteiger partial charge is 0.339 e. The molecule has 0 unspecified atom stereocenters. The molecule has 3 aromatic rings. The Morgan fingerprint density at radius 3 is 2.54 bits per heavy atom. The summed E-state index contributed by atoms with van der Waals surface area (Å²) in [5.41, 5.74) is 5.78. The molecular weight excluding hydrogens is 300 g/mol. The molecule has 0 saturated carbocycles. The van der Waals surface area contributed by atoms with Gasteiger partial charge in [-0.1, -0.05) is 29.8 Å². The van der Waals surface area contributed by atoms with Gasteiger partial charge in [0.05, 0.1) is 5.39 Å². The molecule has 0 saturated heterocycles. The largest absolute Gasteiger partial charge is 0.488 e. The minimum Gasteiger partial charge on any atom is -0.488 e. The van der Waals surface area contributed by atoms with Crippen LogP contribution in [-0.2, 0) is 19.4 Å². The van der Waals surface area contributed by atoms with Crippen LogP contribution in [0, 0.1) is 13.8 Å². The molecule has 1 aliphatic rings. The van der Waals surface area contributed by atoms with E-state index in [0.717, 1.165) is 52.7 Å². The van der Waals surface area contributed by atoms with E-state index in [1.54, 1.807) is 0 Å². The van der Waals surface area contributed by atoms with Gasteiger partial charge in [0.15, 0.2) is 0 Å². The number of rotatable bonds is 3. The molecule has 3 heteroatoms. The Balaban J connectivity index is 1.78. The first-order chi connectivity index (χ1) is 11.6. The van der Waals surface area contributed by atoms with Crippen LogP contribution in [0.5, 0.6) is 5.75 Å². The number of aryl methyl sites for hydroxylation is 3. The average Bonchev–Trinajstić information content (AvgIpc) is 3.04. The lowest BCUT2D eigenvalue weighted by molar-refractivity contribution is 0.309. The maximum Gasteiger partial charge on any atom is 0.339 e. The molecule has 1 aliphatic carbocycles. The van der Waals surface area contributed by atoms with Crippen molar-refractivity contribution < 1.29 is 9.15 Å². The number of hydrogen-bond acceptors (Lipinski definition) is 3. The van der Waals surface area contributed by atoms with Crippen molar-refractivity contribution in [1.29, 1.82) is 0 Å². The molecule has 0 aliphatic heterocycles. The SMILES string of the molecule is Cc1ccc(COc2cc(C)cc3oc(=O)c4c(c23)CCC4)cc1. The van der Waals surface area contributed by atoms with Crippen molar-refractivity contribution >= 4 is 11.0 Å². The molecule has 1 aromatic heterocycles. The Hall–Kier alpha value is -2.55. The van der Waals surface area contributed by atoms with Gasteiger partial charge in [0.25, 0.3) is 0 Å². The van der Waals surface area contributed by atoms with Gasteiger partial charge in [0.1, 0.15) is 17.9 Å². The number of fused-ring (bicyclic) bond motifs is 3. The molecule has 3 nitrogen and oxygen atoms in total. The van der Waals surface area contributed by atoms with Crippen molar-refractivity contribution in [3.63, 3.8) is 0 Å². The summed E-state index contributed by atoms with van der Waals surface area (Å²) in [6.07, 6.45) is 2.73. The predicted octanol–water partition coefficient (Wildman–Crippen LogP) is 4.48. The first kappa shape index (κ1) is 15.0. The lowest BCUT2D eigenvalue weighted by Gasteiger charge is -2.13. The van der Waals surface area contributed by atoms with E-state index in [0.29, 0.717) is 12.2 Å². The zero-order valence-electron chi connectivity index (χ0n) is 14.0. The monoisotopic (exact) mass is 320 g/mol. The normalized spacial score (nSPS) is 13.2. The quantitative estimate of drug-likeness (QED) is 0.668. The van der Waals surface area contributed by atoms with Crippen LogP contribution in [0.3, 0.4) is 0 Å². The highest BCUT2D eigenvalue weighted by atomic mass is 16.5. The highest BCUT2D eigenvalue weighted by Gasteiger charge is 2.22. The summed E-state index contributed by atoms with van der Waals surface area (Å²) < 4.78 is 11.7. The zero-order chi connectivity index (χ0) is 16.7. The highest BCUT2D eigenvalue weighted by Crippen LogP contribution is 2.35. The van der Waals surface area contributed by atoms with E-state index < -0.39 is 0 Å². The number of ether oxygens (including phenoxy) is 1. The minimum atomic E-state index is -0.190. The molecule has 0 fully saturated rings. The van der Waals surface area contributed by atoms with Crippen LogP contribution in [0.4, 0.5) is 0 Å². The summed E-state index contributed by atoms with van der Waals surface area (Å²) in [6.45, 7) is 4.57. The van der Waals surface area contributed by atoms with Crippen LogP contribution in [-0.4, -0.2) is 0 Å². The van der Waals surface area contributed by atoms with Gasteiger partial charge in [0.2, 0.25) is 0 Å². The molecule has 0 atom stereocenters. The van der Waals surface area contributed by atoms with E-state index in [1.165, 1.54) is 5.56 Å². The van der Waals surface area contributed by atoms with Crippen molar-refractivity contribution in [3.05, 3.63) is 74.6 Å². The third kappa shape index (κ3) is 2.60. The minimum absolute atomic E-state index is 0.190. The first-order valence-corrected chi connectivity index (χ1v) is 8.39. The highest BCUT2D eigenvalue weighted by molar-refractivity contribution is 5.88. The van der Waals surface area contributed by atoms with Gasteiger partial charge in [-0.25, -0.2) is 4.79 Å². The fourth-order valence-electron chi connectivity index (χ4n) is 3.46. The zero-order valence-corrected chi connectivity index (χ0v) is 14.0. The van der Waals surface area contributed by atoms with E-state index in [-0.39, 0.29) is 5.63 Å². The van der Waals surface area contributed by atoms with Crippen molar-refractivity contribution in [2.24, 2.45) is 0 Å². The van der Waals surface area contributed by atoms with E-state index in [4.69, 9.17) is 9.15 Å². The summed E-state index contributed by atoms with van der Waals surface area (Å²) >= 11 is 0.